The van der Waals surface area contributed by atoms with E-state index < -0.39 is 0 Å². The van der Waals surface area contributed by atoms with Gasteiger partial charge in [-0.3, -0.25) is 9.20 Å². The van der Waals surface area contributed by atoms with Crippen LogP contribution in [-0.2, 0) is 9.53 Å². The first-order valence-corrected chi connectivity index (χ1v) is 10.9. The van der Waals surface area contributed by atoms with Gasteiger partial charge in [0.1, 0.15) is 5.65 Å². The summed E-state index contributed by atoms with van der Waals surface area (Å²) in [5, 5.41) is 7.19. The molecule has 1 amide bonds. The number of nitrogens with zero attached hydrogens (tertiary/aromatic N) is 2. The zero-order valence-corrected chi connectivity index (χ0v) is 18.3. The van der Waals surface area contributed by atoms with Crippen molar-refractivity contribution in [2.45, 2.75) is 31.3 Å². The number of halogens is 1. The highest BCUT2D eigenvalue weighted by molar-refractivity contribution is 6.31. The van der Waals surface area contributed by atoms with Crippen molar-refractivity contribution < 1.29 is 9.53 Å². The lowest BCUT2D eigenvalue weighted by atomic mass is 9.88. The molecule has 0 aliphatic carbocycles. The molecule has 0 spiro atoms. The second-order valence-electron chi connectivity index (χ2n) is 7.94. The standard InChI is InChI=1S/C24H27ClN4O2/c1-18(19-7-3-2-4-8-19)28-24(12-15-31-16-13-24)17-26-22(30)11-10-20-23(25)27-21-9-5-6-14-29(20)21/h2-11,14,18,28H,12-13,15-17H2,1H3,(H,26,30). The van der Waals surface area contributed by atoms with Crippen LogP contribution in [0.2, 0.25) is 5.15 Å². The van der Waals surface area contributed by atoms with E-state index in [1.165, 1.54) is 11.6 Å². The Morgan fingerprint density at radius 1 is 1.23 bits per heavy atom. The summed E-state index contributed by atoms with van der Waals surface area (Å²) in [6.45, 7) is 4.04. The summed E-state index contributed by atoms with van der Waals surface area (Å²) in [5.74, 6) is -0.165. The Bertz CT molecular complexity index is 1060. The maximum Gasteiger partial charge on any atom is 0.244 e. The van der Waals surface area contributed by atoms with E-state index in [2.05, 4.69) is 34.7 Å². The van der Waals surface area contributed by atoms with Gasteiger partial charge in [0.15, 0.2) is 5.15 Å². The fraction of sp³-hybridized carbons (Fsp3) is 0.333. The van der Waals surface area contributed by atoms with E-state index in [1.807, 2.05) is 47.0 Å². The Kier molecular flexibility index (Phi) is 6.70. The number of benzene rings is 1. The SMILES string of the molecule is CC(NC1(CNC(=O)C=Cc2c(Cl)nc3ccccn23)CCOCC1)c1ccccc1. The van der Waals surface area contributed by atoms with E-state index in [4.69, 9.17) is 16.3 Å². The highest BCUT2D eigenvalue weighted by Gasteiger charge is 2.34. The molecule has 7 heteroatoms. The molecular weight excluding hydrogens is 412 g/mol. The first kappa shape index (κ1) is 21.6. The van der Waals surface area contributed by atoms with Crippen LogP contribution in [0.15, 0.2) is 60.8 Å². The maximum absolute atomic E-state index is 12.6. The van der Waals surface area contributed by atoms with E-state index >= 15 is 0 Å². The van der Waals surface area contributed by atoms with Gasteiger partial charge in [-0.25, -0.2) is 4.98 Å². The molecule has 1 fully saturated rings. The monoisotopic (exact) mass is 438 g/mol. The molecule has 1 aromatic carbocycles. The number of amides is 1. The smallest absolute Gasteiger partial charge is 0.244 e. The fourth-order valence-electron chi connectivity index (χ4n) is 4.02. The Morgan fingerprint density at radius 3 is 2.74 bits per heavy atom. The second kappa shape index (κ2) is 9.64. The molecule has 3 heterocycles. The van der Waals surface area contributed by atoms with Gasteiger partial charge < -0.3 is 15.4 Å². The predicted octanol–water partition coefficient (Wildman–Crippen LogP) is 4.02. The van der Waals surface area contributed by atoms with Crippen molar-refractivity contribution >= 4 is 29.2 Å². The second-order valence-corrected chi connectivity index (χ2v) is 8.30. The van der Waals surface area contributed by atoms with Crippen molar-refractivity contribution in [1.29, 1.82) is 0 Å². The number of carbonyl (C=O) groups is 1. The van der Waals surface area contributed by atoms with Crippen LogP contribution in [0.4, 0.5) is 0 Å². The molecule has 4 rings (SSSR count). The number of imidazole rings is 1. The number of nitrogens with one attached hydrogen (secondary N) is 2. The van der Waals surface area contributed by atoms with Crippen LogP contribution >= 0.6 is 11.6 Å². The van der Waals surface area contributed by atoms with E-state index in [-0.39, 0.29) is 17.5 Å². The lowest BCUT2D eigenvalue weighted by molar-refractivity contribution is -0.117. The van der Waals surface area contributed by atoms with E-state index in [9.17, 15) is 4.79 Å². The molecule has 6 nitrogen and oxygen atoms in total. The summed E-state index contributed by atoms with van der Waals surface area (Å²) in [6, 6.07) is 16.2. The number of fused-ring (bicyclic) bond motifs is 1. The molecule has 162 valence electrons. The van der Waals surface area contributed by atoms with Gasteiger partial charge in [-0.2, -0.15) is 0 Å². The first-order chi connectivity index (χ1) is 15.1. The number of carbonyl (C=O) groups excluding carboxylic acids is 1. The van der Waals surface area contributed by atoms with Gasteiger partial charge in [0, 0.05) is 43.6 Å². The van der Waals surface area contributed by atoms with Gasteiger partial charge in [0.2, 0.25) is 5.91 Å². The van der Waals surface area contributed by atoms with Crippen molar-refractivity contribution in [2.24, 2.45) is 0 Å². The van der Waals surface area contributed by atoms with Gasteiger partial charge in [0.25, 0.3) is 0 Å². The van der Waals surface area contributed by atoms with Crippen LogP contribution in [-0.4, -0.2) is 40.6 Å². The minimum atomic E-state index is -0.210. The van der Waals surface area contributed by atoms with E-state index in [0.29, 0.717) is 30.6 Å². The molecule has 2 aromatic heterocycles. The van der Waals surface area contributed by atoms with Crippen LogP contribution in [0, 0.1) is 0 Å². The lowest BCUT2D eigenvalue weighted by Crippen LogP contribution is -2.57. The maximum atomic E-state index is 12.6. The van der Waals surface area contributed by atoms with Gasteiger partial charge in [-0.05, 0) is 43.5 Å². The third-order valence-corrected chi connectivity index (χ3v) is 6.07. The predicted molar refractivity (Wildman–Crippen MR) is 123 cm³/mol. The fourth-order valence-corrected chi connectivity index (χ4v) is 4.26. The lowest BCUT2D eigenvalue weighted by Gasteiger charge is -2.40. The first-order valence-electron chi connectivity index (χ1n) is 10.6. The Hall–Kier alpha value is -2.67. The largest absolute Gasteiger partial charge is 0.381 e. The number of rotatable bonds is 7. The normalized spacial score (nSPS) is 17.1. The highest BCUT2D eigenvalue weighted by Crippen LogP contribution is 2.25. The van der Waals surface area contributed by atoms with Gasteiger partial charge in [-0.1, -0.05) is 48.0 Å². The molecule has 1 aliphatic rings. The van der Waals surface area contributed by atoms with Crippen LogP contribution in [0.25, 0.3) is 11.7 Å². The Morgan fingerprint density at radius 2 is 1.97 bits per heavy atom. The number of pyridine rings is 1. The molecule has 0 radical (unpaired) electrons. The zero-order chi connectivity index (χ0) is 21.7. The third kappa shape index (κ3) is 5.15. The van der Waals surface area contributed by atoms with Crippen molar-refractivity contribution in [3.8, 4) is 0 Å². The summed E-state index contributed by atoms with van der Waals surface area (Å²) in [5.41, 5.74) is 2.44. The third-order valence-electron chi connectivity index (χ3n) is 5.79. The van der Waals surface area contributed by atoms with Gasteiger partial charge >= 0.3 is 0 Å². The van der Waals surface area contributed by atoms with Crippen LogP contribution < -0.4 is 10.6 Å². The number of ether oxygens (including phenoxy) is 1. The molecule has 3 aromatic rings. The highest BCUT2D eigenvalue weighted by atomic mass is 35.5. The number of hydrogen-bond acceptors (Lipinski definition) is 4. The van der Waals surface area contributed by atoms with E-state index in [1.54, 1.807) is 6.08 Å². The van der Waals surface area contributed by atoms with Gasteiger partial charge in [-0.15, -0.1) is 0 Å². The topological polar surface area (TPSA) is 67.7 Å². The summed E-state index contributed by atoms with van der Waals surface area (Å²) < 4.78 is 7.43. The van der Waals surface area contributed by atoms with Crippen LogP contribution in [0.1, 0.15) is 37.1 Å². The van der Waals surface area contributed by atoms with Crippen molar-refractivity contribution in [3.05, 3.63) is 77.2 Å². The molecule has 1 atom stereocenters. The molecule has 2 N–H and O–H groups in total. The summed E-state index contributed by atoms with van der Waals surface area (Å²) in [4.78, 5) is 16.9. The van der Waals surface area contributed by atoms with Crippen LogP contribution in [0.5, 0.6) is 0 Å². The summed E-state index contributed by atoms with van der Waals surface area (Å²) in [6.07, 6.45) is 6.77. The Labute approximate surface area is 187 Å². The Balaban J connectivity index is 1.42. The van der Waals surface area contributed by atoms with Crippen molar-refractivity contribution in [3.63, 3.8) is 0 Å². The summed E-state index contributed by atoms with van der Waals surface area (Å²) in [7, 11) is 0. The van der Waals surface area contributed by atoms with Crippen molar-refractivity contribution in [1.82, 2.24) is 20.0 Å². The number of hydrogen-bond donors (Lipinski definition) is 2. The molecule has 31 heavy (non-hydrogen) atoms. The molecule has 1 unspecified atom stereocenters. The van der Waals surface area contributed by atoms with E-state index in [0.717, 1.165) is 18.5 Å². The quantitative estimate of drug-likeness (QED) is 0.547. The molecule has 0 saturated carbocycles. The summed E-state index contributed by atoms with van der Waals surface area (Å²) >= 11 is 6.25. The zero-order valence-electron chi connectivity index (χ0n) is 17.6. The average molecular weight is 439 g/mol. The average Bonchev–Trinajstić information content (AvgIpc) is 3.12. The minimum absolute atomic E-state index is 0.165. The molecular formula is C24H27ClN4O2. The van der Waals surface area contributed by atoms with Crippen molar-refractivity contribution in [2.75, 3.05) is 19.8 Å². The molecule has 1 saturated heterocycles. The molecule has 1 aliphatic heterocycles. The van der Waals surface area contributed by atoms with Gasteiger partial charge in [0.05, 0.1) is 5.69 Å². The molecule has 0 bridgehead atoms. The minimum Gasteiger partial charge on any atom is -0.381 e. The van der Waals surface area contributed by atoms with Crippen LogP contribution in [0.3, 0.4) is 0 Å². The number of aromatic nitrogens is 2.